The first-order valence-corrected chi connectivity index (χ1v) is 8.18. The van der Waals surface area contributed by atoms with E-state index in [1.807, 2.05) is 31.2 Å². The third-order valence-corrected chi connectivity index (χ3v) is 3.67. The molecular weight excluding hydrogens is 248 g/mol. The number of benzene rings is 1. The van der Waals surface area contributed by atoms with Crippen molar-refractivity contribution in [2.45, 2.75) is 71.3 Å². The zero-order valence-electron chi connectivity index (χ0n) is 13.1. The van der Waals surface area contributed by atoms with Gasteiger partial charge >= 0.3 is 0 Å². The normalized spacial score (nSPS) is 12.3. The van der Waals surface area contributed by atoms with E-state index < -0.39 is 0 Å². The summed E-state index contributed by atoms with van der Waals surface area (Å²) in [4.78, 5) is 0. The van der Waals surface area contributed by atoms with E-state index in [4.69, 9.17) is 4.74 Å². The lowest BCUT2D eigenvalue weighted by Gasteiger charge is -2.10. The highest BCUT2D eigenvalue weighted by molar-refractivity contribution is 5.28. The molecule has 1 aromatic rings. The van der Waals surface area contributed by atoms with Crippen molar-refractivity contribution in [3.8, 4) is 5.75 Å². The van der Waals surface area contributed by atoms with Crippen LogP contribution in [0.3, 0.4) is 0 Å². The predicted octanol–water partition coefficient (Wildman–Crippen LogP) is 5.26. The molecule has 0 bridgehead atoms. The van der Waals surface area contributed by atoms with Crippen molar-refractivity contribution >= 4 is 0 Å². The van der Waals surface area contributed by atoms with Gasteiger partial charge in [0, 0.05) is 0 Å². The van der Waals surface area contributed by atoms with Gasteiger partial charge in [0.15, 0.2) is 0 Å². The number of hydrogen-bond donors (Lipinski definition) is 1. The third kappa shape index (κ3) is 6.95. The molecule has 114 valence electrons. The molecule has 1 N–H and O–H groups in total. The number of rotatable bonds is 11. The summed E-state index contributed by atoms with van der Waals surface area (Å²) in [5.41, 5.74) is 0.968. The quantitative estimate of drug-likeness (QED) is 0.559. The second-order valence-electron chi connectivity index (χ2n) is 5.46. The lowest BCUT2D eigenvalue weighted by Crippen LogP contribution is -1.99. The Morgan fingerprint density at radius 2 is 1.50 bits per heavy atom. The minimum atomic E-state index is -0.354. The van der Waals surface area contributed by atoms with Crippen LogP contribution in [0.25, 0.3) is 0 Å². The monoisotopic (exact) mass is 278 g/mol. The van der Waals surface area contributed by atoms with Crippen molar-refractivity contribution in [1.82, 2.24) is 0 Å². The molecule has 20 heavy (non-hydrogen) atoms. The molecule has 0 saturated carbocycles. The van der Waals surface area contributed by atoms with E-state index in [0.717, 1.165) is 30.8 Å². The van der Waals surface area contributed by atoms with E-state index in [1.165, 1.54) is 38.5 Å². The molecule has 0 saturated heterocycles. The van der Waals surface area contributed by atoms with Gasteiger partial charge in [0.05, 0.1) is 12.7 Å². The molecule has 0 aromatic heterocycles. The minimum absolute atomic E-state index is 0.354. The fraction of sp³-hybridized carbons (Fsp3) is 0.667. The Kier molecular flexibility index (Phi) is 9.14. The van der Waals surface area contributed by atoms with E-state index in [9.17, 15) is 5.11 Å². The number of aliphatic hydroxyl groups excluding tert-OH is 1. The van der Waals surface area contributed by atoms with Crippen molar-refractivity contribution in [3.63, 3.8) is 0 Å². The number of aliphatic hydroxyl groups is 1. The summed E-state index contributed by atoms with van der Waals surface area (Å²) in [6, 6.07) is 7.81. The number of hydrogen-bond acceptors (Lipinski definition) is 2. The van der Waals surface area contributed by atoms with E-state index in [1.54, 1.807) is 0 Å². The first-order valence-electron chi connectivity index (χ1n) is 8.18. The van der Waals surface area contributed by atoms with Crippen LogP contribution in [0.4, 0.5) is 0 Å². The molecule has 2 heteroatoms. The molecule has 1 rings (SSSR count). The smallest absolute Gasteiger partial charge is 0.119 e. The van der Waals surface area contributed by atoms with Crippen molar-refractivity contribution in [3.05, 3.63) is 29.8 Å². The first-order chi connectivity index (χ1) is 9.77. The summed E-state index contributed by atoms with van der Waals surface area (Å²) in [5.74, 6) is 0.906. The molecule has 0 aliphatic heterocycles. The second-order valence-corrected chi connectivity index (χ2v) is 5.46. The van der Waals surface area contributed by atoms with Gasteiger partial charge in [-0.05, 0) is 30.5 Å². The Balaban J connectivity index is 2.10. The maximum absolute atomic E-state index is 9.71. The van der Waals surface area contributed by atoms with Gasteiger partial charge in [-0.15, -0.1) is 0 Å². The zero-order valence-corrected chi connectivity index (χ0v) is 13.1. The minimum Gasteiger partial charge on any atom is -0.494 e. The van der Waals surface area contributed by atoms with Crippen LogP contribution < -0.4 is 4.74 Å². The Labute approximate surface area is 124 Å². The number of ether oxygens (including phenoxy) is 1. The topological polar surface area (TPSA) is 29.5 Å². The average molecular weight is 278 g/mol. The van der Waals surface area contributed by atoms with Crippen LogP contribution in [-0.2, 0) is 0 Å². The van der Waals surface area contributed by atoms with Crippen LogP contribution in [0.1, 0.15) is 76.9 Å². The highest BCUT2D eigenvalue weighted by Gasteiger charge is 2.04. The fourth-order valence-corrected chi connectivity index (χ4v) is 2.27. The van der Waals surface area contributed by atoms with Gasteiger partial charge < -0.3 is 9.84 Å². The molecule has 0 spiro atoms. The molecule has 0 unspecified atom stereocenters. The highest BCUT2D eigenvalue weighted by Crippen LogP contribution is 2.20. The lowest BCUT2D eigenvalue weighted by molar-refractivity contribution is 0.173. The molecule has 0 aliphatic rings. The SMILES string of the molecule is CCCCCCCCCOc1ccc([C@H](O)CC)cc1. The van der Waals surface area contributed by atoms with Crippen LogP contribution in [0.5, 0.6) is 5.75 Å². The van der Waals surface area contributed by atoms with Crippen molar-refractivity contribution < 1.29 is 9.84 Å². The molecule has 0 heterocycles. The maximum atomic E-state index is 9.71. The van der Waals surface area contributed by atoms with Crippen molar-refractivity contribution in [2.75, 3.05) is 6.61 Å². The van der Waals surface area contributed by atoms with Crippen molar-refractivity contribution in [1.29, 1.82) is 0 Å². The van der Waals surface area contributed by atoms with E-state index in [2.05, 4.69) is 6.92 Å². The van der Waals surface area contributed by atoms with Crippen LogP contribution >= 0.6 is 0 Å². The summed E-state index contributed by atoms with van der Waals surface area (Å²) in [5, 5.41) is 9.71. The van der Waals surface area contributed by atoms with Crippen LogP contribution in [0, 0.1) is 0 Å². The zero-order chi connectivity index (χ0) is 14.6. The Bertz CT molecular complexity index is 332. The van der Waals surface area contributed by atoms with Gasteiger partial charge in [0.25, 0.3) is 0 Å². The third-order valence-electron chi connectivity index (χ3n) is 3.67. The summed E-state index contributed by atoms with van der Waals surface area (Å²) in [6.07, 6.45) is 9.52. The Hall–Kier alpha value is -1.02. The van der Waals surface area contributed by atoms with Crippen LogP contribution in [-0.4, -0.2) is 11.7 Å². The van der Waals surface area contributed by atoms with Crippen LogP contribution in [0.2, 0.25) is 0 Å². The van der Waals surface area contributed by atoms with Gasteiger partial charge in [-0.25, -0.2) is 0 Å². The predicted molar refractivity (Wildman–Crippen MR) is 85.2 cm³/mol. The van der Waals surface area contributed by atoms with Gasteiger partial charge in [-0.2, -0.15) is 0 Å². The molecule has 2 nitrogen and oxygen atoms in total. The van der Waals surface area contributed by atoms with Crippen molar-refractivity contribution in [2.24, 2.45) is 0 Å². The van der Waals surface area contributed by atoms with E-state index in [0.29, 0.717) is 0 Å². The Morgan fingerprint density at radius 1 is 0.900 bits per heavy atom. The molecule has 1 atom stereocenters. The van der Waals surface area contributed by atoms with Gasteiger partial charge in [0.2, 0.25) is 0 Å². The summed E-state index contributed by atoms with van der Waals surface area (Å²) in [7, 11) is 0. The first kappa shape index (κ1) is 17.0. The van der Waals surface area contributed by atoms with Gasteiger partial charge in [-0.3, -0.25) is 0 Å². The molecule has 0 amide bonds. The lowest BCUT2D eigenvalue weighted by atomic mass is 10.1. The number of unbranched alkanes of at least 4 members (excludes halogenated alkanes) is 6. The molecule has 0 fully saturated rings. The summed E-state index contributed by atoms with van der Waals surface area (Å²) < 4.78 is 5.72. The highest BCUT2D eigenvalue weighted by atomic mass is 16.5. The largest absolute Gasteiger partial charge is 0.494 e. The summed E-state index contributed by atoms with van der Waals surface area (Å²) >= 11 is 0. The average Bonchev–Trinajstić information content (AvgIpc) is 2.50. The molecule has 0 aliphatic carbocycles. The van der Waals surface area contributed by atoms with E-state index >= 15 is 0 Å². The van der Waals surface area contributed by atoms with Gasteiger partial charge in [-0.1, -0.05) is 64.5 Å². The summed E-state index contributed by atoms with van der Waals surface area (Å²) in [6.45, 7) is 5.03. The fourth-order valence-electron chi connectivity index (χ4n) is 2.27. The molecule has 1 aromatic carbocycles. The maximum Gasteiger partial charge on any atom is 0.119 e. The Morgan fingerprint density at radius 3 is 2.10 bits per heavy atom. The second kappa shape index (κ2) is 10.7. The molecular formula is C18H30O2. The molecule has 0 radical (unpaired) electrons. The van der Waals surface area contributed by atoms with E-state index in [-0.39, 0.29) is 6.10 Å². The standard InChI is InChI=1S/C18H30O2/c1-3-5-6-7-8-9-10-15-20-17-13-11-16(12-14-17)18(19)4-2/h11-14,18-19H,3-10,15H2,1-2H3/t18-/m1/s1. The van der Waals surface area contributed by atoms with Gasteiger partial charge in [0.1, 0.15) is 5.75 Å². The van der Waals surface area contributed by atoms with Crippen LogP contribution in [0.15, 0.2) is 24.3 Å².